The maximum absolute atomic E-state index is 6.18. The fraction of sp³-hybridized carbons (Fsp3) is 0.182. The van der Waals surface area contributed by atoms with Crippen molar-refractivity contribution in [2.75, 3.05) is 7.11 Å². The minimum atomic E-state index is 0.423. The quantitative estimate of drug-likeness (QED) is 0.939. The van der Waals surface area contributed by atoms with Crippen LogP contribution in [0.1, 0.15) is 5.01 Å². The SMILES string of the molecule is COc1cc(Cl)c(-c2cnc(CN)s2)cc1Cl. The van der Waals surface area contributed by atoms with E-state index in [9.17, 15) is 0 Å². The van der Waals surface area contributed by atoms with Crippen molar-refractivity contribution in [1.29, 1.82) is 0 Å². The number of ether oxygens (including phenoxy) is 1. The lowest BCUT2D eigenvalue weighted by atomic mass is 10.2. The van der Waals surface area contributed by atoms with Crippen LogP contribution in [0.25, 0.3) is 10.4 Å². The van der Waals surface area contributed by atoms with Crippen LogP contribution in [0.3, 0.4) is 0 Å². The third-order valence-corrected chi connectivity index (χ3v) is 3.90. The summed E-state index contributed by atoms with van der Waals surface area (Å²) in [5.74, 6) is 0.559. The number of methoxy groups -OCH3 is 1. The zero-order chi connectivity index (χ0) is 12.4. The Morgan fingerprint density at radius 1 is 1.35 bits per heavy atom. The third-order valence-electron chi connectivity index (χ3n) is 2.24. The summed E-state index contributed by atoms with van der Waals surface area (Å²) in [4.78, 5) is 5.13. The van der Waals surface area contributed by atoms with Gasteiger partial charge in [0.25, 0.3) is 0 Å². The van der Waals surface area contributed by atoms with Crippen LogP contribution >= 0.6 is 34.5 Å². The number of halogens is 2. The second kappa shape index (κ2) is 5.23. The maximum atomic E-state index is 6.18. The molecule has 6 heteroatoms. The smallest absolute Gasteiger partial charge is 0.138 e. The normalized spacial score (nSPS) is 10.6. The van der Waals surface area contributed by atoms with Crippen molar-refractivity contribution in [2.45, 2.75) is 6.54 Å². The molecule has 0 aliphatic rings. The van der Waals surface area contributed by atoms with Gasteiger partial charge in [0.1, 0.15) is 10.8 Å². The van der Waals surface area contributed by atoms with Crippen molar-refractivity contribution in [3.63, 3.8) is 0 Å². The number of thiazole rings is 1. The largest absolute Gasteiger partial charge is 0.495 e. The Labute approximate surface area is 113 Å². The fourth-order valence-corrected chi connectivity index (χ4v) is 2.78. The standard InChI is InChI=1S/C11H10Cl2N2OS/c1-16-9-3-7(12)6(2-8(9)13)10-5-15-11(4-14)17-10/h2-3,5H,4,14H2,1H3. The van der Waals surface area contributed by atoms with Gasteiger partial charge in [0.2, 0.25) is 0 Å². The second-order valence-electron chi connectivity index (χ2n) is 3.29. The van der Waals surface area contributed by atoms with Gasteiger partial charge >= 0.3 is 0 Å². The molecule has 0 saturated heterocycles. The van der Waals surface area contributed by atoms with Crippen molar-refractivity contribution in [1.82, 2.24) is 4.98 Å². The van der Waals surface area contributed by atoms with Crippen molar-refractivity contribution >= 4 is 34.5 Å². The zero-order valence-corrected chi connectivity index (χ0v) is 11.4. The molecule has 2 aromatic rings. The minimum absolute atomic E-state index is 0.423. The van der Waals surface area contributed by atoms with Crippen molar-refractivity contribution < 1.29 is 4.74 Å². The van der Waals surface area contributed by atoms with Crippen LogP contribution in [0.15, 0.2) is 18.3 Å². The molecule has 1 heterocycles. The Morgan fingerprint density at radius 2 is 2.12 bits per heavy atom. The second-order valence-corrected chi connectivity index (χ2v) is 5.22. The van der Waals surface area contributed by atoms with Crippen LogP contribution < -0.4 is 10.5 Å². The maximum Gasteiger partial charge on any atom is 0.138 e. The number of nitrogens with zero attached hydrogens (tertiary/aromatic N) is 1. The summed E-state index contributed by atoms with van der Waals surface area (Å²) in [6.45, 7) is 0.423. The molecule has 0 amide bonds. The highest BCUT2D eigenvalue weighted by atomic mass is 35.5. The number of nitrogens with two attached hydrogens (primary N) is 1. The molecule has 1 aromatic carbocycles. The number of rotatable bonds is 3. The van der Waals surface area contributed by atoms with Crippen molar-refractivity contribution in [2.24, 2.45) is 5.73 Å². The van der Waals surface area contributed by atoms with E-state index in [1.165, 1.54) is 11.3 Å². The number of aromatic nitrogens is 1. The molecule has 17 heavy (non-hydrogen) atoms. The number of hydrogen-bond acceptors (Lipinski definition) is 4. The van der Waals surface area contributed by atoms with E-state index in [-0.39, 0.29) is 0 Å². The lowest BCUT2D eigenvalue weighted by Crippen LogP contribution is -1.93. The van der Waals surface area contributed by atoms with E-state index in [0.29, 0.717) is 22.3 Å². The molecule has 1 aromatic heterocycles. The Bertz CT molecular complexity index is 542. The van der Waals surface area contributed by atoms with Gasteiger partial charge in [-0.3, -0.25) is 0 Å². The summed E-state index contributed by atoms with van der Waals surface area (Å²) in [6, 6.07) is 3.47. The molecule has 0 bridgehead atoms. The van der Waals surface area contributed by atoms with E-state index < -0.39 is 0 Å². The van der Waals surface area contributed by atoms with E-state index in [1.807, 2.05) is 0 Å². The fourth-order valence-electron chi connectivity index (χ4n) is 1.40. The predicted molar refractivity (Wildman–Crippen MR) is 72.0 cm³/mol. The van der Waals surface area contributed by atoms with Gasteiger partial charge in [-0.05, 0) is 6.07 Å². The van der Waals surface area contributed by atoms with Gasteiger partial charge in [0.15, 0.2) is 0 Å². The first-order valence-corrected chi connectivity index (χ1v) is 6.41. The molecule has 0 unspecified atom stereocenters. The molecule has 0 spiro atoms. The van der Waals surface area contributed by atoms with E-state index in [2.05, 4.69) is 4.98 Å². The number of hydrogen-bond donors (Lipinski definition) is 1. The highest BCUT2D eigenvalue weighted by Gasteiger charge is 2.12. The van der Waals surface area contributed by atoms with Crippen LogP contribution in [-0.2, 0) is 6.54 Å². The topological polar surface area (TPSA) is 48.1 Å². The first-order chi connectivity index (χ1) is 8.15. The Balaban J connectivity index is 2.48. The van der Waals surface area contributed by atoms with E-state index in [1.54, 1.807) is 25.4 Å². The first kappa shape index (κ1) is 12.6. The molecule has 0 fully saturated rings. The van der Waals surface area contributed by atoms with Crippen LogP contribution in [-0.4, -0.2) is 12.1 Å². The molecule has 0 radical (unpaired) electrons. The van der Waals surface area contributed by atoms with E-state index >= 15 is 0 Å². The minimum Gasteiger partial charge on any atom is -0.495 e. The third kappa shape index (κ3) is 2.55. The molecular formula is C11H10Cl2N2OS. The summed E-state index contributed by atoms with van der Waals surface area (Å²) >= 11 is 13.7. The molecular weight excluding hydrogens is 279 g/mol. The lowest BCUT2D eigenvalue weighted by Gasteiger charge is -2.07. The summed E-state index contributed by atoms with van der Waals surface area (Å²) < 4.78 is 5.09. The average molecular weight is 289 g/mol. The molecule has 0 saturated carbocycles. The molecule has 2 N–H and O–H groups in total. The van der Waals surface area contributed by atoms with E-state index in [0.717, 1.165) is 15.4 Å². The molecule has 0 aliphatic carbocycles. The molecule has 3 nitrogen and oxygen atoms in total. The van der Waals surface area contributed by atoms with Crippen LogP contribution in [0, 0.1) is 0 Å². The molecule has 0 aliphatic heterocycles. The lowest BCUT2D eigenvalue weighted by molar-refractivity contribution is 0.415. The molecule has 0 atom stereocenters. The molecule has 2 rings (SSSR count). The predicted octanol–water partition coefficient (Wildman–Crippen LogP) is 3.58. The van der Waals surface area contributed by atoms with Crippen LogP contribution in [0.5, 0.6) is 5.75 Å². The van der Waals surface area contributed by atoms with Crippen LogP contribution in [0.4, 0.5) is 0 Å². The Morgan fingerprint density at radius 3 is 2.71 bits per heavy atom. The summed E-state index contributed by atoms with van der Waals surface area (Å²) in [7, 11) is 1.55. The van der Waals surface area contributed by atoms with Gasteiger partial charge in [0.05, 0.1) is 22.0 Å². The molecule has 90 valence electrons. The van der Waals surface area contributed by atoms with Gasteiger partial charge in [0, 0.05) is 24.4 Å². The summed E-state index contributed by atoms with van der Waals surface area (Å²) in [5, 5.41) is 1.97. The first-order valence-electron chi connectivity index (χ1n) is 4.84. The van der Waals surface area contributed by atoms with Gasteiger partial charge < -0.3 is 10.5 Å². The van der Waals surface area contributed by atoms with Gasteiger partial charge in [-0.25, -0.2) is 4.98 Å². The Hall–Kier alpha value is -0.810. The van der Waals surface area contributed by atoms with E-state index in [4.69, 9.17) is 33.7 Å². The zero-order valence-electron chi connectivity index (χ0n) is 9.04. The number of benzene rings is 1. The highest BCUT2D eigenvalue weighted by Crippen LogP contribution is 2.38. The van der Waals surface area contributed by atoms with Gasteiger partial charge in [-0.1, -0.05) is 23.2 Å². The monoisotopic (exact) mass is 288 g/mol. The summed E-state index contributed by atoms with van der Waals surface area (Å²) in [6.07, 6.45) is 1.75. The summed E-state index contributed by atoms with van der Waals surface area (Å²) in [5.41, 5.74) is 6.37. The highest BCUT2D eigenvalue weighted by molar-refractivity contribution is 7.15. The Kier molecular flexibility index (Phi) is 3.89. The van der Waals surface area contributed by atoms with Crippen molar-refractivity contribution in [3.05, 3.63) is 33.4 Å². The van der Waals surface area contributed by atoms with Crippen LogP contribution in [0.2, 0.25) is 10.0 Å². The van der Waals surface area contributed by atoms with Crippen molar-refractivity contribution in [3.8, 4) is 16.2 Å². The van der Waals surface area contributed by atoms with Gasteiger partial charge in [-0.15, -0.1) is 11.3 Å². The van der Waals surface area contributed by atoms with Gasteiger partial charge in [-0.2, -0.15) is 0 Å². The average Bonchev–Trinajstić information content (AvgIpc) is 2.80.